The molecule has 2 rings (SSSR count). The molecule has 0 amide bonds. The summed E-state index contributed by atoms with van der Waals surface area (Å²) in [4.78, 5) is 1.97. The van der Waals surface area contributed by atoms with Crippen LogP contribution in [0.1, 0.15) is 0 Å². The van der Waals surface area contributed by atoms with Crippen molar-refractivity contribution in [3.05, 3.63) is 12.7 Å². The van der Waals surface area contributed by atoms with E-state index in [-0.39, 0.29) is 12.4 Å². The molecule has 0 bridgehead atoms. The molecule has 0 spiro atoms. The van der Waals surface area contributed by atoms with Gasteiger partial charge in [-0.15, -0.1) is 19.0 Å². The van der Waals surface area contributed by atoms with E-state index in [0.29, 0.717) is 26.3 Å². The lowest BCUT2D eigenvalue weighted by molar-refractivity contribution is 0.0714. The predicted octanol–water partition coefficient (Wildman–Crippen LogP) is -0.512. The predicted molar refractivity (Wildman–Crippen MR) is 77.0 cm³/mol. The van der Waals surface area contributed by atoms with E-state index in [1.807, 2.05) is 4.90 Å². The molecule has 0 saturated carbocycles. The van der Waals surface area contributed by atoms with Gasteiger partial charge < -0.3 is 10.1 Å². The van der Waals surface area contributed by atoms with Gasteiger partial charge in [0, 0.05) is 39.3 Å². The number of rotatable bonds is 4. The van der Waals surface area contributed by atoms with Gasteiger partial charge in [0.2, 0.25) is 10.0 Å². The second-order valence-electron chi connectivity index (χ2n) is 4.47. The number of halogens is 1. The summed E-state index contributed by atoms with van der Waals surface area (Å²) in [7, 11) is -3.34. The Balaban J connectivity index is 0.00000180. The largest absolute Gasteiger partial charge is 0.379 e. The molecule has 2 aliphatic rings. The summed E-state index contributed by atoms with van der Waals surface area (Å²) < 4.78 is 31.8. The lowest BCUT2D eigenvalue weighted by Gasteiger charge is -2.36. The van der Waals surface area contributed by atoms with Gasteiger partial charge in [0.25, 0.3) is 0 Å². The number of hydrogen-bond acceptors (Lipinski definition) is 5. The average molecular weight is 312 g/mol. The van der Waals surface area contributed by atoms with E-state index in [4.69, 9.17) is 4.74 Å². The summed E-state index contributed by atoms with van der Waals surface area (Å²) in [6, 6.07) is 0. The number of hydrogen-bond donors (Lipinski definition) is 1. The van der Waals surface area contributed by atoms with Crippen molar-refractivity contribution in [2.45, 2.75) is 5.37 Å². The van der Waals surface area contributed by atoms with Crippen LogP contribution in [0.2, 0.25) is 0 Å². The second kappa shape index (κ2) is 7.56. The van der Waals surface area contributed by atoms with Gasteiger partial charge in [-0.25, -0.2) is 8.42 Å². The molecule has 0 aromatic carbocycles. The number of nitrogens with zero attached hydrogens (tertiary/aromatic N) is 2. The minimum Gasteiger partial charge on any atom is -0.379 e. The number of morpholine rings is 1. The first-order valence-corrected chi connectivity index (χ1v) is 7.80. The highest BCUT2D eigenvalue weighted by Gasteiger charge is 2.35. The van der Waals surface area contributed by atoms with E-state index in [0.717, 1.165) is 26.2 Å². The van der Waals surface area contributed by atoms with Crippen LogP contribution in [0.5, 0.6) is 0 Å². The Kier molecular flexibility index (Phi) is 6.72. The summed E-state index contributed by atoms with van der Waals surface area (Å²) in [5.74, 6) is 0. The highest BCUT2D eigenvalue weighted by molar-refractivity contribution is 7.89. The zero-order valence-corrected chi connectivity index (χ0v) is 12.6. The van der Waals surface area contributed by atoms with Crippen LogP contribution in [-0.4, -0.2) is 75.5 Å². The van der Waals surface area contributed by atoms with Crippen molar-refractivity contribution in [3.63, 3.8) is 0 Å². The minimum absolute atomic E-state index is 0. The fraction of sp³-hybridized carbons (Fsp3) is 0.818. The zero-order valence-electron chi connectivity index (χ0n) is 11.0. The van der Waals surface area contributed by atoms with Crippen LogP contribution in [-0.2, 0) is 14.8 Å². The number of nitrogens with one attached hydrogen (secondary N) is 1. The molecule has 2 heterocycles. The average Bonchev–Trinajstić information content (AvgIpc) is 2.41. The fourth-order valence-electron chi connectivity index (χ4n) is 2.35. The summed E-state index contributed by atoms with van der Waals surface area (Å²) >= 11 is 0. The molecular weight excluding hydrogens is 290 g/mol. The molecule has 8 heteroatoms. The Bertz CT molecular complexity index is 379. The van der Waals surface area contributed by atoms with Crippen LogP contribution >= 0.6 is 12.4 Å². The molecule has 6 nitrogen and oxygen atoms in total. The summed E-state index contributed by atoms with van der Waals surface area (Å²) in [6.07, 6.45) is 1.54. The molecule has 1 N–H and O–H groups in total. The molecular formula is C11H22ClN3O3S. The quantitative estimate of drug-likeness (QED) is 0.709. The summed E-state index contributed by atoms with van der Waals surface area (Å²) in [6.45, 7) is 8.66. The third kappa shape index (κ3) is 3.90. The van der Waals surface area contributed by atoms with Gasteiger partial charge in [-0.2, -0.15) is 4.31 Å². The molecule has 1 atom stereocenters. The van der Waals surface area contributed by atoms with Crippen LogP contribution in [0.4, 0.5) is 0 Å². The van der Waals surface area contributed by atoms with E-state index in [1.54, 1.807) is 0 Å². The molecule has 0 aromatic heterocycles. The Hall–Kier alpha value is -0.180. The van der Waals surface area contributed by atoms with Crippen LogP contribution < -0.4 is 5.32 Å². The molecule has 112 valence electrons. The minimum atomic E-state index is -3.34. The molecule has 0 radical (unpaired) electrons. The Labute approximate surface area is 121 Å². The van der Waals surface area contributed by atoms with Gasteiger partial charge in [0.1, 0.15) is 5.37 Å². The SMILES string of the molecule is C=CC(N1CCNCC1)S(=O)(=O)N1CCOCC1.Cl. The number of ether oxygens (including phenoxy) is 1. The lowest BCUT2D eigenvalue weighted by Crippen LogP contribution is -2.55. The highest BCUT2D eigenvalue weighted by Crippen LogP contribution is 2.16. The van der Waals surface area contributed by atoms with Crippen LogP contribution in [0.25, 0.3) is 0 Å². The third-order valence-electron chi connectivity index (χ3n) is 3.35. The third-order valence-corrected chi connectivity index (χ3v) is 5.53. The Morgan fingerprint density at radius 3 is 2.26 bits per heavy atom. The van der Waals surface area contributed by atoms with Crippen molar-refractivity contribution in [3.8, 4) is 0 Å². The fourth-order valence-corrected chi connectivity index (χ4v) is 4.14. The molecule has 1 unspecified atom stereocenters. The molecule has 19 heavy (non-hydrogen) atoms. The topological polar surface area (TPSA) is 61.9 Å². The van der Waals surface area contributed by atoms with Gasteiger partial charge in [-0.05, 0) is 0 Å². The zero-order chi connectivity index (χ0) is 13.0. The Morgan fingerprint density at radius 1 is 1.16 bits per heavy atom. The maximum absolute atomic E-state index is 12.6. The molecule has 0 aliphatic carbocycles. The van der Waals surface area contributed by atoms with Crippen LogP contribution in [0.15, 0.2) is 12.7 Å². The van der Waals surface area contributed by atoms with Crippen molar-refractivity contribution in [1.29, 1.82) is 0 Å². The monoisotopic (exact) mass is 311 g/mol. The van der Waals surface area contributed by atoms with E-state index >= 15 is 0 Å². The van der Waals surface area contributed by atoms with Gasteiger partial charge in [0.15, 0.2) is 0 Å². The number of piperazine rings is 1. The van der Waals surface area contributed by atoms with E-state index < -0.39 is 15.4 Å². The van der Waals surface area contributed by atoms with E-state index in [2.05, 4.69) is 11.9 Å². The van der Waals surface area contributed by atoms with Crippen molar-refractivity contribution in [2.75, 3.05) is 52.5 Å². The van der Waals surface area contributed by atoms with Crippen molar-refractivity contribution >= 4 is 22.4 Å². The van der Waals surface area contributed by atoms with Gasteiger partial charge in [-0.3, -0.25) is 4.90 Å². The maximum atomic E-state index is 12.6. The highest BCUT2D eigenvalue weighted by atomic mass is 35.5. The molecule has 2 fully saturated rings. The van der Waals surface area contributed by atoms with Crippen molar-refractivity contribution < 1.29 is 13.2 Å². The normalized spacial score (nSPS) is 24.4. The first kappa shape index (κ1) is 16.9. The van der Waals surface area contributed by atoms with Crippen LogP contribution in [0, 0.1) is 0 Å². The number of sulfonamides is 1. The molecule has 2 aliphatic heterocycles. The summed E-state index contributed by atoms with van der Waals surface area (Å²) in [5.41, 5.74) is 0. The van der Waals surface area contributed by atoms with Gasteiger partial charge >= 0.3 is 0 Å². The Morgan fingerprint density at radius 2 is 1.74 bits per heavy atom. The van der Waals surface area contributed by atoms with Crippen molar-refractivity contribution in [1.82, 2.24) is 14.5 Å². The first-order valence-electron chi connectivity index (χ1n) is 6.30. The van der Waals surface area contributed by atoms with E-state index in [1.165, 1.54) is 10.4 Å². The maximum Gasteiger partial charge on any atom is 0.234 e. The van der Waals surface area contributed by atoms with Gasteiger partial charge in [-0.1, -0.05) is 6.08 Å². The van der Waals surface area contributed by atoms with E-state index in [9.17, 15) is 8.42 Å². The standard InChI is InChI=1S/C11H21N3O3S.ClH/c1-2-11(13-5-3-12-4-6-13)18(15,16)14-7-9-17-10-8-14;/h2,11-12H,1,3-10H2;1H. The lowest BCUT2D eigenvalue weighted by atomic mass is 10.3. The van der Waals surface area contributed by atoms with Crippen LogP contribution in [0.3, 0.4) is 0 Å². The molecule has 2 saturated heterocycles. The second-order valence-corrected chi connectivity index (χ2v) is 6.50. The summed E-state index contributed by atoms with van der Waals surface area (Å²) in [5, 5.41) is 2.61. The van der Waals surface area contributed by atoms with Gasteiger partial charge in [0.05, 0.1) is 13.2 Å². The van der Waals surface area contributed by atoms with Crippen molar-refractivity contribution in [2.24, 2.45) is 0 Å². The first-order chi connectivity index (χ1) is 8.66. The molecule has 0 aromatic rings. The smallest absolute Gasteiger partial charge is 0.234 e.